The molecule has 1 saturated carbocycles. The van der Waals surface area contributed by atoms with Crippen molar-refractivity contribution >= 4 is 24.2 Å². The summed E-state index contributed by atoms with van der Waals surface area (Å²) in [5, 5.41) is 5.58. The van der Waals surface area contributed by atoms with Gasteiger partial charge >= 0.3 is 0 Å². The van der Waals surface area contributed by atoms with Gasteiger partial charge in [-0.25, -0.2) is 0 Å². The lowest BCUT2D eigenvalue weighted by Crippen LogP contribution is -2.42. The van der Waals surface area contributed by atoms with Crippen LogP contribution in [0.1, 0.15) is 51.9 Å². The molecule has 1 unspecified atom stereocenters. The first-order valence-corrected chi connectivity index (χ1v) is 6.89. The summed E-state index contributed by atoms with van der Waals surface area (Å²) < 4.78 is 0. The average molecular weight is 292 g/mol. The third kappa shape index (κ3) is 8.83. The second kappa shape index (κ2) is 10.0. The molecule has 0 aromatic carbocycles. The van der Waals surface area contributed by atoms with Crippen LogP contribution in [0.5, 0.6) is 0 Å². The molecule has 0 aromatic rings. The summed E-state index contributed by atoms with van der Waals surface area (Å²) in [6, 6.07) is 0.319. The second-order valence-electron chi connectivity index (χ2n) is 5.20. The number of rotatable bonds is 6. The Kier molecular flexibility index (Phi) is 9.61. The maximum atomic E-state index is 11.6. The summed E-state index contributed by atoms with van der Waals surface area (Å²) in [7, 11) is 0. The van der Waals surface area contributed by atoms with Crippen molar-refractivity contribution in [3.8, 4) is 0 Å². The summed E-state index contributed by atoms with van der Waals surface area (Å²) in [6.45, 7) is 1.94. The molecule has 6 heteroatoms. The molecule has 0 bridgehead atoms. The fourth-order valence-corrected chi connectivity index (χ4v) is 2.15. The largest absolute Gasteiger partial charge is 0.352 e. The van der Waals surface area contributed by atoms with Crippen LogP contribution in [0.15, 0.2) is 0 Å². The highest BCUT2D eigenvalue weighted by molar-refractivity contribution is 5.85. The molecule has 0 saturated heterocycles. The zero-order valence-electron chi connectivity index (χ0n) is 11.6. The zero-order chi connectivity index (χ0) is 13.4. The van der Waals surface area contributed by atoms with E-state index in [2.05, 4.69) is 10.6 Å². The van der Waals surface area contributed by atoms with Gasteiger partial charge in [-0.15, -0.1) is 12.4 Å². The smallest absolute Gasteiger partial charge is 0.239 e. The van der Waals surface area contributed by atoms with E-state index in [1.54, 1.807) is 0 Å². The first kappa shape index (κ1) is 18.2. The third-order valence-corrected chi connectivity index (χ3v) is 3.24. The number of hydrogen-bond donors (Lipinski definition) is 3. The minimum atomic E-state index is -0.105. The molecule has 1 fully saturated rings. The molecule has 1 rings (SSSR count). The predicted octanol–water partition coefficient (Wildman–Crippen LogP) is 1.10. The monoisotopic (exact) mass is 291 g/mol. The summed E-state index contributed by atoms with van der Waals surface area (Å²) in [6.07, 6.45) is 6.79. The molecular weight excluding hydrogens is 266 g/mol. The van der Waals surface area contributed by atoms with Gasteiger partial charge in [0.1, 0.15) is 0 Å². The SMILES string of the molecule is CC(N)CCC(=O)NCC(=O)NC1CCCCC1.Cl. The molecule has 0 aromatic heterocycles. The molecule has 0 spiro atoms. The number of halogens is 1. The second-order valence-corrected chi connectivity index (χ2v) is 5.20. The van der Waals surface area contributed by atoms with Crippen LogP contribution in [0.2, 0.25) is 0 Å². The van der Waals surface area contributed by atoms with Gasteiger partial charge in [-0.3, -0.25) is 9.59 Å². The zero-order valence-corrected chi connectivity index (χ0v) is 12.4. The fraction of sp³-hybridized carbons (Fsp3) is 0.846. The Labute approximate surface area is 121 Å². The van der Waals surface area contributed by atoms with Gasteiger partial charge in [0.25, 0.3) is 0 Å². The van der Waals surface area contributed by atoms with Crippen molar-refractivity contribution in [1.29, 1.82) is 0 Å². The topological polar surface area (TPSA) is 84.2 Å². The van der Waals surface area contributed by atoms with Gasteiger partial charge in [-0.05, 0) is 26.2 Å². The van der Waals surface area contributed by atoms with Crippen LogP contribution < -0.4 is 16.4 Å². The lowest BCUT2D eigenvalue weighted by molar-refractivity contribution is -0.126. The number of hydrogen-bond acceptors (Lipinski definition) is 3. The van der Waals surface area contributed by atoms with E-state index < -0.39 is 0 Å². The molecule has 0 aliphatic heterocycles. The van der Waals surface area contributed by atoms with Crippen LogP contribution in [0.25, 0.3) is 0 Å². The van der Waals surface area contributed by atoms with Gasteiger partial charge in [-0.2, -0.15) is 0 Å². The van der Waals surface area contributed by atoms with Crippen LogP contribution in [-0.4, -0.2) is 30.4 Å². The number of nitrogens with two attached hydrogens (primary N) is 1. The summed E-state index contributed by atoms with van der Waals surface area (Å²) in [5.74, 6) is -0.192. The van der Waals surface area contributed by atoms with E-state index in [0.29, 0.717) is 18.9 Å². The van der Waals surface area contributed by atoms with Gasteiger partial charge in [0, 0.05) is 18.5 Å². The van der Waals surface area contributed by atoms with Gasteiger partial charge in [0.15, 0.2) is 0 Å². The molecule has 1 atom stereocenters. The Morgan fingerprint density at radius 1 is 1.21 bits per heavy atom. The van der Waals surface area contributed by atoms with Crippen LogP contribution in [-0.2, 0) is 9.59 Å². The first-order valence-electron chi connectivity index (χ1n) is 6.89. The Morgan fingerprint density at radius 3 is 2.42 bits per heavy atom. The lowest BCUT2D eigenvalue weighted by atomic mass is 9.95. The minimum Gasteiger partial charge on any atom is -0.352 e. The van der Waals surface area contributed by atoms with E-state index in [1.165, 1.54) is 19.3 Å². The Morgan fingerprint density at radius 2 is 1.84 bits per heavy atom. The number of nitrogens with one attached hydrogen (secondary N) is 2. The normalized spacial score (nSPS) is 17.2. The molecule has 19 heavy (non-hydrogen) atoms. The third-order valence-electron chi connectivity index (χ3n) is 3.24. The van der Waals surface area contributed by atoms with Crippen molar-refractivity contribution in [3.63, 3.8) is 0 Å². The Hall–Kier alpha value is -0.810. The molecule has 1 aliphatic carbocycles. The molecule has 4 N–H and O–H groups in total. The quantitative estimate of drug-likeness (QED) is 0.685. The van der Waals surface area contributed by atoms with E-state index >= 15 is 0 Å². The van der Waals surface area contributed by atoms with E-state index in [-0.39, 0.29) is 36.8 Å². The highest BCUT2D eigenvalue weighted by Crippen LogP contribution is 2.16. The van der Waals surface area contributed by atoms with Gasteiger partial charge in [0.2, 0.25) is 11.8 Å². The highest BCUT2D eigenvalue weighted by Gasteiger charge is 2.15. The molecule has 112 valence electrons. The molecule has 1 aliphatic rings. The summed E-state index contributed by atoms with van der Waals surface area (Å²) in [5.41, 5.74) is 5.56. The Balaban J connectivity index is 0.00000324. The van der Waals surface area contributed by atoms with Gasteiger partial charge in [-0.1, -0.05) is 19.3 Å². The van der Waals surface area contributed by atoms with E-state index in [0.717, 1.165) is 12.8 Å². The minimum absolute atomic E-state index is 0. The first-order chi connectivity index (χ1) is 8.58. The lowest BCUT2D eigenvalue weighted by Gasteiger charge is -2.22. The maximum Gasteiger partial charge on any atom is 0.239 e. The average Bonchev–Trinajstić information content (AvgIpc) is 2.35. The van der Waals surface area contributed by atoms with Crippen molar-refractivity contribution in [2.24, 2.45) is 5.73 Å². The van der Waals surface area contributed by atoms with Gasteiger partial charge < -0.3 is 16.4 Å². The predicted molar refractivity (Wildman–Crippen MR) is 78.2 cm³/mol. The van der Waals surface area contributed by atoms with Crippen molar-refractivity contribution in [2.45, 2.75) is 64.0 Å². The van der Waals surface area contributed by atoms with E-state index in [4.69, 9.17) is 5.73 Å². The van der Waals surface area contributed by atoms with Gasteiger partial charge in [0.05, 0.1) is 6.54 Å². The molecule has 2 amide bonds. The molecular formula is C13H26ClN3O2. The van der Waals surface area contributed by atoms with Crippen LogP contribution in [0.3, 0.4) is 0 Å². The van der Waals surface area contributed by atoms with Crippen molar-refractivity contribution in [2.75, 3.05) is 6.54 Å². The van der Waals surface area contributed by atoms with Crippen LogP contribution in [0.4, 0.5) is 0 Å². The summed E-state index contributed by atoms with van der Waals surface area (Å²) in [4.78, 5) is 23.0. The van der Waals surface area contributed by atoms with Crippen molar-refractivity contribution < 1.29 is 9.59 Å². The standard InChI is InChI=1S/C13H25N3O2.ClH/c1-10(14)7-8-12(17)15-9-13(18)16-11-5-3-2-4-6-11;/h10-11H,2-9,14H2,1H3,(H,15,17)(H,16,18);1H. The highest BCUT2D eigenvalue weighted by atomic mass is 35.5. The molecule has 0 heterocycles. The number of carbonyl (C=O) groups is 2. The molecule has 5 nitrogen and oxygen atoms in total. The van der Waals surface area contributed by atoms with Crippen LogP contribution in [0, 0.1) is 0 Å². The summed E-state index contributed by atoms with van der Waals surface area (Å²) >= 11 is 0. The number of carbonyl (C=O) groups excluding carboxylic acids is 2. The van der Waals surface area contributed by atoms with E-state index in [1.807, 2.05) is 6.92 Å². The van der Waals surface area contributed by atoms with E-state index in [9.17, 15) is 9.59 Å². The molecule has 0 radical (unpaired) electrons. The Bertz CT molecular complexity index is 279. The fourth-order valence-electron chi connectivity index (χ4n) is 2.15. The maximum absolute atomic E-state index is 11.6. The number of amides is 2. The van der Waals surface area contributed by atoms with Crippen molar-refractivity contribution in [3.05, 3.63) is 0 Å². The van der Waals surface area contributed by atoms with Crippen molar-refractivity contribution in [1.82, 2.24) is 10.6 Å². The van der Waals surface area contributed by atoms with Crippen LogP contribution >= 0.6 is 12.4 Å².